The van der Waals surface area contributed by atoms with E-state index in [2.05, 4.69) is 0 Å². The van der Waals surface area contributed by atoms with Crippen LogP contribution in [0.5, 0.6) is 11.5 Å². The number of imide groups is 2. The van der Waals surface area contributed by atoms with E-state index in [1.54, 1.807) is 0 Å². The number of alkyl halides is 6. The lowest BCUT2D eigenvalue weighted by molar-refractivity contribution is -0.140. The molecule has 4 rings (SSSR count). The first-order valence-corrected chi connectivity index (χ1v) is 9.65. The molecule has 2 aliphatic heterocycles. The SMILES string of the molecule is O=C1C=CC(=O)N1c1cc(OOc2cc(N3C(=O)C=CC3=O)cc(C(F)(F)F)c2)cc(C(F)(F)F)c1. The van der Waals surface area contributed by atoms with E-state index >= 15 is 0 Å². The fourth-order valence-corrected chi connectivity index (χ4v) is 3.25. The lowest BCUT2D eigenvalue weighted by Gasteiger charge is -2.19. The summed E-state index contributed by atoms with van der Waals surface area (Å²) in [6.07, 6.45) is -6.58. The van der Waals surface area contributed by atoms with Gasteiger partial charge < -0.3 is 0 Å². The van der Waals surface area contributed by atoms with Gasteiger partial charge in [-0.2, -0.15) is 26.3 Å². The summed E-state index contributed by atoms with van der Waals surface area (Å²) in [4.78, 5) is 57.9. The largest absolute Gasteiger partial charge is 0.416 e. The summed E-state index contributed by atoms with van der Waals surface area (Å²) in [6.45, 7) is 0. The lowest BCUT2D eigenvalue weighted by atomic mass is 10.1. The van der Waals surface area contributed by atoms with Crippen LogP contribution in [0.2, 0.25) is 0 Å². The average molecular weight is 512 g/mol. The maximum atomic E-state index is 13.4. The van der Waals surface area contributed by atoms with Crippen molar-refractivity contribution in [1.82, 2.24) is 0 Å². The summed E-state index contributed by atoms with van der Waals surface area (Å²) < 4.78 is 80.2. The van der Waals surface area contributed by atoms with Crippen molar-refractivity contribution in [2.45, 2.75) is 12.4 Å². The molecule has 0 fully saturated rings. The molecule has 2 aromatic carbocycles. The number of halogens is 6. The molecule has 0 radical (unpaired) electrons. The molecule has 2 heterocycles. The van der Waals surface area contributed by atoms with Gasteiger partial charge in [0.2, 0.25) is 0 Å². The number of benzene rings is 2. The van der Waals surface area contributed by atoms with Crippen molar-refractivity contribution in [2.75, 3.05) is 9.80 Å². The highest BCUT2D eigenvalue weighted by Gasteiger charge is 2.36. The number of carbonyl (C=O) groups excluding carboxylic acids is 4. The van der Waals surface area contributed by atoms with Gasteiger partial charge in [-0.3, -0.25) is 29.0 Å². The molecule has 14 heteroatoms. The Morgan fingerprint density at radius 1 is 0.500 bits per heavy atom. The minimum atomic E-state index is -4.96. The van der Waals surface area contributed by atoms with Crippen molar-refractivity contribution in [3.63, 3.8) is 0 Å². The zero-order chi connectivity index (χ0) is 26.4. The second-order valence-electron chi connectivity index (χ2n) is 7.28. The van der Waals surface area contributed by atoms with Gasteiger partial charge in [-0.15, -0.1) is 0 Å². The zero-order valence-electron chi connectivity index (χ0n) is 17.4. The van der Waals surface area contributed by atoms with E-state index in [-0.39, 0.29) is 0 Å². The van der Waals surface area contributed by atoms with Crippen LogP contribution >= 0.6 is 0 Å². The average Bonchev–Trinajstić information content (AvgIpc) is 3.30. The first kappa shape index (κ1) is 24.5. The van der Waals surface area contributed by atoms with Gasteiger partial charge in [0.05, 0.1) is 22.5 Å². The van der Waals surface area contributed by atoms with Gasteiger partial charge in [0.15, 0.2) is 11.5 Å². The van der Waals surface area contributed by atoms with E-state index in [4.69, 9.17) is 9.78 Å². The van der Waals surface area contributed by atoms with Gasteiger partial charge >= 0.3 is 12.4 Å². The summed E-state index contributed by atoms with van der Waals surface area (Å²) in [5.41, 5.74) is -3.77. The Bertz CT molecular complexity index is 1220. The van der Waals surface area contributed by atoms with E-state index < -0.39 is 70.0 Å². The minimum Gasteiger partial charge on any atom is -0.290 e. The highest BCUT2D eigenvalue weighted by Crippen LogP contribution is 2.38. The van der Waals surface area contributed by atoms with E-state index in [0.717, 1.165) is 36.4 Å². The van der Waals surface area contributed by atoms with Crippen molar-refractivity contribution in [1.29, 1.82) is 0 Å². The quantitative estimate of drug-likeness (QED) is 0.261. The van der Waals surface area contributed by atoms with Crippen LogP contribution in [0.4, 0.5) is 37.7 Å². The van der Waals surface area contributed by atoms with Crippen LogP contribution in [0.15, 0.2) is 60.7 Å². The molecule has 0 bridgehead atoms. The maximum absolute atomic E-state index is 13.4. The second kappa shape index (κ2) is 8.55. The van der Waals surface area contributed by atoms with E-state index in [1.807, 2.05) is 0 Å². The van der Waals surface area contributed by atoms with Crippen molar-refractivity contribution in [2.24, 2.45) is 0 Å². The Morgan fingerprint density at radius 2 is 0.806 bits per heavy atom. The Morgan fingerprint density at radius 3 is 1.08 bits per heavy atom. The van der Waals surface area contributed by atoms with Gasteiger partial charge in [0.25, 0.3) is 23.6 Å². The molecular weight excluding hydrogens is 502 g/mol. The third kappa shape index (κ3) is 4.78. The smallest absolute Gasteiger partial charge is 0.290 e. The van der Waals surface area contributed by atoms with Crippen LogP contribution in [-0.2, 0) is 31.5 Å². The van der Waals surface area contributed by atoms with Crippen molar-refractivity contribution >= 4 is 35.0 Å². The number of amides is 4. The third-order valence-corrected chi connectivity index (χ3v) is 4.81. The second-order valence-corrected chi connectivity index (χ2v) is 7.28. The monoisotopic (exact) mass is 512 g/mol. The Hall–Kier alpha value is -4.62. The molecule has 36 heavy (non-hydrogen) atoms. The molecule has 0 aromatic heterocycles. The standard InChI is InChI=1S/C22H10F6N2O6/c23-21(24,25)11-5-13(29-17(31)1-2-18(29)32)9-15(7-11)35-36-16-8-12(22(26,27)28)6-14(10-16)30-19(33)3-4-20(30)34/h1-10H. The third-order valence-electron chi connectivity index (χ3n) is 4.81. The number of carbonyl (C=O) groups is 4. The number of hydrogen-bond acceptors (Lipinski definition) is 6. The number of anilines is 2. The highest BCUT2D eigenvalue weighted by atomic mass is 19.4. The molecule has 0 saturated heterocycles. The molecule has 2 aromatic rings. The lowest BCUT2D eigenvalue weighted by Crippen LogP contribution is -2.30. The highest BCUT2D eigenvalue weighted by molar-refractivity contribution is 6.28. The van der Waals surface area contributed by atoms with Crippen LogP contribution in [0.1, 0.15) is 11.1 Å². The van der Waals surface area contributed by atoms with Crippen LogP contribution in [0.25, 0.3) is 0 Å². The van der Waals surface area contributed by atoms with Gasteiger partial charge in [0, 0.05) is 36.4 Å². The van der Waals surface area contributed by atoms with E-state index in [9.17, 15) is 45.5 Å². The predicted molar refractivity (Wildman–Crippen MR) is 107 cm³/mol. The summed E-state index contributed by atoms with van der Waals surface area (Å²) in [6, 6.07) is 3.49. The summed E-state index contributed by atoms with van der Waals surface area (Å²) in [7, 11) is 0. The topological polar surface area (TPSA) is 93.2 Å². The molecule has 186 valence electrons. The number of rotatable bonds is 5. The molecule has 2 aliphatic rings. The zero-order valence-corrected chi connectivity index (χ0v) is 17.4. The van der Waals surface area contributed by atoms with Crippen LogP contribution in [0.3, 0.4) is 0 Å². The fraction of sp³-hybridized carbons (Fsp3) is 0.0909. The summed E-state index contributed by atoms with van der Waals surface area (Å²) >= 11 is 0. The van der Waals surface area contributed by atoms with E-state index in [0.29, 0.717) is 34.1 Å². The van der Waals surface area contributed by atoms with Gasteiger partial charge in [-0.05, 0) is 24.3 Å². The molecule has 0 spiro atoms. The van der Waals surface area contributed by atoms with Gasteiger partial charge in [-0.1, -0.05) is 0 Å². The molecule has 4 amide bonds. The Balaban J connectivity index is 1.69. The van der Waals surface area contributed by atoms with Crippen LogP contribution in [0, 0.1) is 0 Å². The molecule has 0 unspecified atom stereocenters. The Kier molecular flexibility index (Phi) is 5.82. The van der Waals surface area contributed by atoms with Gasteiger partial charge in [0.1, 0.15) is 0 Å². The van der Waals surface area contributed by atoms with Gasteiger partial charge in [-0.25, -0.2) is 9.80 Å². The molecule has 0 atom stereocenters. The fourth-order valence-electron chi connectivity index (χ4n) is 3.25. The molecule has 0 N–H and O–H groups in total. The maximum Gasteiger partial charge on any atom is 0.416 e. The Labute approximate surface area is 196 Å². The molecule has 8 nitrogen and oxygen atoms in total. The molecule has 0 aliphatic carbocycles. The minimum absolute atomic E-state index is 0.419. The predicted octanol–water partition coefficient (Wildman–Crippen LogP) is 3.96. The normalized spacial score (nSPS) is 15.9. The van der Waals surface area contributed by atoms with Crippen LogP contribution < -0.4 is 19.6 Å². The summed E-state index contributed by atoms with van der Waals surface area (Å²) in [5, 5.41) is 0. The van der Waals surface area contributed by atoms with Crippen LogP contribution in [-0.4, -0.2) is 23.6 Å². The van der Waals surface area contributed by atoms with E-state index in [1.165, 1.54) is 0 Å². The van der Waals surface area contributed by atoms with Crippen molar-refractivity contribution < 1.29 is 55.3 Å². The van der Waals surface area contributed by atoms with Crippen molar-refractivity contribution in [3.8, 4) is 11.5 Å². The first-order chi connectivity index (χ1) is 16.7. The first-order valence-electron chi connectivity index (χ1n) is 9.65. The molecular formula is C22H10F6N2O6. The van der Waals surface area contributed by atoms with Crippen molar-refractivity contribution in [3.05, 3.63) is 71.8 Å². The molecule has 0 saturated carbocycles. The number of hydrogen-bond donors (Lipinski definition) is 0. The number of nitrogens with zero attached hydrogens (tertiary/aromatic N) is 2. The summed E-state index contributed by atoms with van der Waals surface area (Å²) in [5.74, 6) is -5.16.